The summed E-state index contributed by atoms with van der Waals surface area (Å²) in [5.41, 5.74) is 8.85. The lowest BCUT2D eigenvalue weighted by molar-refractivity contribution is -0.132. The number of anilines is 1. The number of rotatable bonds is 2. The van der Waals surface area contributed by atoms with Gasteiger partial charge in [0.05, 0.1) is 17.8 Å². The summed E-state index contributed by atoms with van der Waals surface area (Å²) in [4.78, 5) is 29.0. The van der Waals surface area contributed by atoms with Gasteiger partial charge in [0, 0.05) is 42.5 Å². The number of hydrogen-bond donors (Lipinski definition) is 1. The van der Waals surface area contributed by atoms with Crippen molar-refractivity contribution in [3.63, 3.8) is 0 Å². The van der Waals surface area contributed by atoms with E-state index >= 15 is 0 Å². The summed E-state index contributed by atoms with van der Waals surface area (Å²) >= 11 is 1.58. The van der Waals surface area contributed by atoms with Gasteiger partial charge >= 0.3 is 0 Å². The van der Waals surface area contributed by atoms with Crippen LogP contribution in [0.2, 0.25) is 0 Å². The molecule has 2 N–H and O–H groups in total. The van der Waals surface area contributed by atoms with E-state index in [0.29, 0.717) is 12.4 Å². The number of carbonyl (C=O) groups is 1. The van der Waals surface area contributed by atoms with Gasteiger partial charge in [-0.2, -0.15) is 0 Å². The first-order valence-corrected chi connectivity index (χ1v) is 9.82. The van der Waals surface area contributed by atoms with Crippen molar-refractivity contribution in [2.75, 3.05) is 18.8 Å². The number of hydrogen-bond acceptors (Lipinski definition) is 6. The average Bonchev–Trinajstić information content (AvgIpc) is 3.30. The van der Waals surface area contributed by atoms with Crippen LogP contribution in [0.15, 0.2) is 24.0 Å². The number of nitrogens with zero attached hydrogens (tertiary/aromatic N) is 5. The van der Waals surface area contributed by atoms with Crippen LogP contribution in [-0.2, 0) is 23.1 Å². The number of likely N-dealkylation sites (tertiary alicyclic amines) is 1. The van der Waals surface area contributed by atoms with Crippen LogP contribution in [-0.4, -0.2) is 43.2 Å². The molecule has 3 aromatic heterocycles. The molecule has 0 saturated carbocycles. The van der Waals surface area contributed by atoms with E-state index in [1.807, 2.05) is 33.3 Å². The summed E-state index contributed by atoms with van der Waals surface area (Å²) in [5.74, 6) is 0.469. The van der Waals surface area contributed by atoms with Crippen LogP contribution in [0.5, 0.6) is 0 Å². The fourth-order valence-corrected chi connectivity index (χ4v) is 5.14. The molecule has 3 aromatic rings. The van der Waals surface area contributed by atoms with Gasteiger partial charge in [-0.05, 0) is 31.2 Å². The molecule has 8 heteroatoms. The number of imidazole rings is 1. The number of carbonyl (C=O) groups excluding carboxylic acids is 1. The van der Waals surface area contributed by atoms with Crippen LogP contribution < -0.4 is 5.73 Å². The Labute approximate surface area is 154 Å². The molecule has 0 bridgehead atoms. The summed E-state index contributed by atoms with van der Waals surface area (Å²) < 4.78 is 1.97. The largest absolute Gasteiger partial charge is 0.368 e. The molecule has 1 aliphatic carbocycles. The van der Waals surface area contributed by atoms with Gasteiger partial charge in [-0.15, -0.1) is 11.3 Å². The van der Waals surface area contributed by atoms with Crippen molar-refractivity contribution < 1.29 is 4.79 Å². The van der Waals surface area contributed by atoms with Crippen molar-refractivity contribution in [3.8, 4) is 0 Å². The Balaban J connectivity index is 1.37. The first-order valence-electron chi connectivity index (χ1n) is 8.94. The lowest BCUT2D eigenvalue weighted by atomic mass is 9.77. The van der Waals surface area contributed by atoms with Crippen LogP contribution in [0, 0.1) is 0 Å². The number of aryl methyl sites for hydroxylation is 1. The highest BCUT2D eigenvalue weighted by Gasteiger charge is 2.44. The number of aromatic nitrogens is 4. The number of nitrogens with two attached hydrogens (primary N) is 1. The van der Waals surface area contributed by atoms with Crippen LogP contribution in [0.1, 0.15) is 36.2 Å². The lowest BCUT2D eigenvalue weighted by Gasteiger charge is -2.40. The second-order valence-electron chi connectivity index (χ2n) is 7.30. The number of piperidine rings is 1. The van der Waals surface area contributed by atoms with Crippen LogP contribution >= 0.6 is 11.3 Å². The van der Waals surface area contributed by atoms with E-state index in [-0.39, 0.29) is 11.3 Å². The summed E-state index contributed by atoms with van der Waals surface area (Å²) in [5, 5.41) is 1.99. The van der Waals surface area contributed by atoms with E-state index < -0.39 is 0 Å². The summed E-state index contributed by atoms with van der Waals surface area (Å²) in [6.45, 7) is 1.52. The summed E-state index contributed by atoms with van der Waals surface area (Å²) in [6.07, 6.45) is 10.2. The number of nitrogen functional groups attached to an aromatic ring is 1. The van der Waals surface area contributed by atoms with E-state index in [0.717, 1.165) is 55.1 Å². The zero-order valence-corrected chi connectivity index (χ0v) is 15.2. The monoisotopic (exact) mass is 368 g/mol. The maximum absolute atomic E-state index is 12.9. The van der Waals surface area contributed by atoms with Crippen LogP contribution in [0.25, 0.3) is 4.96 Å². The maximum atomic E-state index is 12.9. The minimum Gasteiger partial charge on any atom is -0.368 e. The van der Waals surface area contributed by atoms with Crippen molar-refractivity contribution in [3.05, 3.63) is 40.9 Å². The third-order valence-electron chi connectivity index (χ3n) is 5.66. The van der Waals surface area contributed by atoms with Gasteiger partial charge in [-0.1, -0.05) is 0 Å². The van der Waals surface area contributed by atoms with Gasteiger partial charge in [0.25, 0.3) is 0 Å². The first kappa shape index (κ1) is 15.7. The average molecular weight is 368 g/mol. The van der Waals surface area contributed by atoms with Crippen molar-refractivity contribution in [1.29, 1.82) is 0 Å². The fourth-order valence-electron chi connectivity index (χ4n) is 4.42. The molecule has 1 amide bonds. The third kappa shape index (κ3) is 2.47. The Hall–Kier alpha value is -2.48. The maximum Gasteiger partial charge on any atom is 0.228 e. The molecule has 4 heterocycles. The van der Waals surface area contributed by atoms with Crippen LogP contribution in [0.4, 0.5) is 5.95 Å². The van der Waals surface area contributed by atoms with Gasteiger partial charge < -0.3 is 10.6 Å². The molecule has 0 radical (unpaired) electrons. The molecule has 1 saturated heterocycles. The number of thiazole rings is 1. The van der Waals surface area contributed by atoms with Crippen molar-refractivity contribution in [2.24, 2.45) is 0 Å². The van der Waals surface area contributed by atoms with Gasteiger partial charge in [-0.25, -0.2) is 15.0 Å². The van der Waals surface area contributed by atoms with E-state index in [9.17, 15) is 4.79 Å². The van der Waals surface area contributed by atoms with Crippen molar-refractivity contribution in [1.82, 2.24) is 24.3 Å². The molecule has 1 unspecified atom stereocenters. The molecular formula is C18H20N6OS. The molecule has 1 aliphatic heterocycles. The molecule has 5 rings (SSSR count). The lowest BCUT2D eigenvalue weighted by Crippen LogP contribution is -2.48. The molecule has 26 heavy (non-hydrogen) atoms. The van der Waals surface area contributed by atoms with E-state index in [4.69, 9.17) is 5.73 Å². The Bertz CT molecular complexity index is 962. The standard InChI is InChI=1S/C18H20N6OS/c19-16-20-9-12-2-4-18(15(12)22-16)3-1-5-24(11-18)14(25)8-13-10-23-6-7-26-17(23)21-13/h6-7,9-10H,1-5,8,11H2,(H2,19,20,22). The summed E-state index contributed by atoms with van der Waals surface area (Å²) in [7, 11) is 0. The normalized spacial score (nSPS) is 22.2. The van der Waals surface area contributed by atoms with E-state index in [1.165, 1.54) is 5.56 Å². The van der Waals surface area contributed by atoms with Crippen molar-refractivity contribution in [2.45, 2.75) is 37.5 Å². The molecule has 2 aliphatic rings. The SMILES string of the molecule is Nc1ncc2c(n1)C1(CCCN(C(=O)Cc3cn4ccsc4n3)C1)CC2. The molecule has 1 atom stereocenters. The van der Waals surface area contributed by atoms with Gasteiger partial charge in [0.15, 0.2) is 4.96 Å². The second kappa shape index (κ2) is 5.77. The van der Waals surface area contributed by atoms with E-state index in [2.05, 4.69) is 15.0 Å². The predicted octanol–water partition coefficient (Wildman–Crippen LogP) is 1.82. The smallest absolute Gasteiger partial charge is 0.228 e. The molecule has 1 spiro atoms. The zero-order chi connectivity index (χ0) is 17.7. The Morgan fingerprint density at radius 1 is 1.35 bits per heavy atom. The molecule has 7 nitrogen and oxygen atoms in total. The highest BCUT2D eigenvalue weighted by atomic mass is 32.1. The number of amides is 1. The molecule has 134 valence electrons. The van der Waals surface area contributed by atoms with Gasteiger partial charge in [0.1, 0.15) is 0 Å². The Morgan fingerprint density at radius 3 is 3.15 bits per heavy atom. The Kier molecular flexibility index (Phi) is 3.49. The number of fused-ring (bicyclic) bond motifs is 3. The summed E-state index contributed by atoms with van der Waals surface area (Å²) in [6, 6.07) is 0. The molecule has 1 fully saturated rings. The predicted molar refractivity (Wildman–Crippen MR) is 99.0 cm³/mol. The quantitative estimate of drug-likeness (QED) is 0.745. The van der Waals surface area contributed by atoms with Crippen LogP contribution in [0.3, 0.4) is 0 Å². The Morgan fingerprint density at radius 2 is 2.27 bits per heavy atom. The van der Waals surface area contributed by atoms with Gasteiger partial charge in [-0.3, -0.25) is 9.20 Å². The van der Waals surface area contributed by atoms with Crippen molar-refractivity contribution >= 4 is 28.2 Å². The highest BCUT2D eigenvalue weighted by molar-refractivity contribution is 7.15. The zero-order valence-electron chi connectivity index (χ0n) is 14.4. The van der Waals surface area contributed by atoms with E-state index in [1.54, 1.807) is 11.3 Å². The topological polar surface area (TPSA) is 89.4 Å². The molecule has 0 aromatic carbocycles. The second-order valence-corrected chi connectivity index (χ2v) is 8.18. The fraction of sp³-hybridized carbons (Fsp3) is 0.444. The third-order valence-corrected chi connectivity index (χ3v) is 6.43. The first-order chi connectivity index (χ1) is 12.6. The highest BCUT2D eigenvalue weighted by Crippen LogP contribution is 2.44. The minimum absolute atomic E-state index is 0.0607. The minimum atomic E-state index is -0.0607. The van der Waals surface area contributed by atoms with Gasteiger partial charge in [0.2, 0.25) is 11.9 Å². The molecular weight excluding hydrogens is 348 g/mol.